The monoisotopic (exact) mass is 416 g/mol. The molecule has 6 N–H and O–H groups in total. The Morgan fingerprint density at radius 3 is 1.37 bits per heavy atom. The zero-order valence-electron chi connectivity index (χ0n) is 15.9. The molecule has 7 heteroatoms. The number of benzene rings is 2. The molecule has 0 saturated heterocycles. The van der Waals surface area contributed by atoms with E-state index in [0.717, 1.165) is 11.1 Å². The molecule has 2 rings (SSSR count). The molecule has 0 fully saturated rings. The maximum Gasteiger partial charge on any atom is 2.00 e. The molecule has 2 aromatic rings. The van der Waals surface area contributed by atoms with Gasteiger partial charge in [0.15, 0.2) is 0 Å². The SMILES string of the molecule is CC(N)C[N-]Cc1ccccc1O.CC(N)C[N-]Cc1ccccc1O.[Ni+2]. The van der Waals surface area contributed by atoms with E-state index in [9.17, 15) is 10.2 Å². The van der Waals surface area contributed by atoms with Crippen LogP contribution in [0.1, 0.15) is 25.0 Å². The molecule has 2 atom stereocenters. The first-order chi connectivity index (χ1) is 12.4. The molecule has 0 heterocycles. The summed E-state index contributed by atoms with van der Waals surface area (Å²) < 4.78 is 0. The third kappa shape index (κ3) is 11.6. The molecule has 2 unspecified atom stereocenters. The van der Waals surface area contributed by atoms with E-state index in [4.69, 9.17) is 11.5 Å². The summed E-state index contributed by atoms with van der Waals surface area (Å²) in [4.78, 5) is 0. The molecule has 0 radical (unpaired) electrons. The van der Waals surface area contributed by atoms with Gasteiger partial charge in [-0.15, -0.1) is 26.2 Å². The number of phenolic OH excluding ortho intramolecular Hbond substituents is 2. The summed E-state index contributed by atoms with van der Waals surface area (Å²) in [5.41, 5.74) is 12.8. The van der Waals surface area contributed by atoms with Crippen LogP contribution >= 0.6 is 0 Å². The van der Waals surface area contributed by atoms with Gasteiger partial charge in [-0.3, -0.25) is 0 Å². The predicted octanol–water partition coefficient (Wildman–Crippen LogP) is 3.22. The Hall–Kier alpha value is -1.63. The number of aromatic hydroxyl groups is 2. The van der Waals surface area contributed by atoms with Gasteiger partial charge >= 0.3 is 16.5 Å². The zero-order valence-corrected chi connectivity index (χ0v) is 16.8. The molecule has 0 saturated carbocycles. The van der Waals surface area contributed by atoms with Crippen molar-refractivity contribution in [3.05, 3.63) is 70.3 Å². The van der Waals surface area contributed by atoms with E-state index < -0.39 is 0 Å². The van der Waals surface area contributed by atoms with E-state index >= 15 is 0 Å². The molecule has 6 nitrogen and oxygen atoms in total. The van der Waals surface area contributed by atoms with E-state index in [2.05, 4.69) is 10.6 Å². The Balaban J connectivity index is 0.000000483. The van der Waals surface area contributed by atoms with Gasteiger partial charge in [0.25, 0.3) is 0 Å². The number of hydrogen-bond acceptors (Lipinski definition) is 4. The van der Waals surface area contributed by atoms with Gasteiger partial charge in [-0.1, -0.05) is 50.2 Å². The first kappa shape index (κ1) is 25.4. The van der Waals surface area contributed by atoms with Gasteiger partial charge in [-0.05, 0) is 35.3 Å². The largest absolute Gasteiger partial charge is 2.00 e. The minimum Gasteiger partial charge on any atom is -0.657 e. The minimum absolute atomic E-state index is 0. The Bertz CT molecular complexity index is 583. The van der Waals surface area contributed by atoms with Crippen LogP contribution in [0.5, 0.6) is 11.5 Å². The van der Waals surface area contributed by atoms with Crippen LogP contribution in [0.3, 0.4) is 0 Å². The molecule has 0 aliphatic heterocycles. The fraction of sp³-hybridized carbons (Fsp3) is 0.400. The number of phenols is 2. The van der Waals surface area contributed by atoms with Gasteiger partial charge in [-0.2, -0.15) is 0 Å². The van der Waals surface area contributed by atoms with Crippen LogP contribution in [0.4, 0.5) is 0 Å². The second-order valence-electron chi connectivity index (χ2n) is 6.34. The molecule has 0 aliphatic carbocycles. The van der Waals surface area contributed by atoms with Crippen molar-refractivity contribution in [3.63, 3.8) is 0 Å². The summed E-state index contributed by atoms with van der Waals surface area (Å²) in [7, 11) is 0. The van der Waals surface area contributed by atoms with E-state index in [1.165, 1.54) is 0 Å². The van der Waals surface area contributed by atoms with Crippen molar-refractivity contribution in [1.82, 2.24) is 0 Å². The smallest absolute Gasteiger partial charge is 0.657 e. The van der Waals surface area contributed by atoms with Crippen molar-refractivity contribution in [3.8, 4) is 11.5 Å². The quantitative estimate of drug-likeness (QED) is 0.493. The molecule has 0 spiro atoms. The van der Waals surface area contributed by atoms with Crippen LogP contribution in [0, 0.1) is 0 Å². The Labute approximate surface area is 172 Å². The van der Waals surface area contributed by atoms with Gasteiger partial charge < -0.3 is 32.3 Å². The normalized spacial score (nSPS) is 12.3. The summed E-state index contributed by atoms with van der Waals surface area (Å²) in [5, 5.41) is 27.2. The molecular weight excluding hydrogens is 387 g/mol. The minimum atomic E-state index is 0. The van der Waals surface area contributed by atoms with Crippen LogP contribution in [0.25, 0.3) is 10.6 Å². The van der Waals surface area contributed by atoms with Crippen LogP contribution in [-0.4, -0.2) is 35.4 Å². The average molecular weight is 417 g/mol. The first-order valence-corrected chi connectivity index (χ1v) is 8.71. The molecule has 0 amide bonds. The van der Waals surface area contributed by atoms with Gasteiger partial charge in [-0.25, -0.2) is 0 Å². The topological polar surface area (TPSA) is 121 Å². The van der Waals surface area contributed by atoms with Crippen molar-refractivity contribution in [1.29, 1.82) is 0 Å². The maximum absolute atomic E-state index is 9.38. The molecule has 27 heavy (non-hydrogen) atoms. The predicted molar refractivity (Wildman–Crippen MR) is 107 cm³/mol. The molecule has 152 valence electrons. The molecule has 0 aliphatic rings. The number of para-hydroxylation sites is 2. The summed E-state index contributed by atoms with van der Waals surface area (Å²) in [6.07, 6.45) is 0. The van der Waals surface area contributed by atoms with Gasteiger partial charge in [0.05, 0.1) is 0 Å². The summed E-state index contributed by atoms with van der Waals surface area (Å²) in [5.74, 6) is 0.604. The van der Waals surface area contributed by atoms with E-state index in [-0.39, 0.29) is 28.6 Å². The fourth-order valence-electron chi connectivity index (χ4n) is 2.07. The summed E-state index contributed by atoms with van der Waals surface area (Å²) >= 11 is 0. The van der Waals surface area contributed by atoms with E-state index in [1.54, 1.807) is 24.3 Å². The van der Waals surface area contributed by atoms with Gasteiger partial charge in [0.2, 0.25) is 0 Å². The Morgan fingerprint density at radius 1 is 0.741 bits per heavy atom. The Morgan fingerprint density at radius 2 is 1.07 bits per heavy atom. The Kier molecular flexibility index (Phi) is 13.6. The molecular formula is C20H30N4NiO2. The standard InChI is InChI=1S/2C10H15N2O.Ni/c2*1-8(11)6-12-7-9-4-2-3-5-10(9)13;/h2*2-5,8,13H,6-7,11H2,1H3;/q2*-1;+2. The third-order valence-electron chi connectivity index (χ3n) is 3.38. The third-order valence-corrected chi connectivity index (χ3v) is 3.38. The van der Waals surface area contributed by atoms with Crippen molar-refractivity contribution in [2.45, 2.75) is 39.0 Å². The summed E-state index contributed by atoms with van der Waals surface area (Å²) in [6, 6.07) is 14.6. The number of hydrogen-bond donors (Lipinski definition) is 4. The van der Waals surface area contributed by atoms with E-state index in [1.807, 2.05) is 38.1 Å². The summed E-state index contributed by atoms with van der Waals surface area (Å²) in [6.45, 7) is 6.16. The maximum atomic E-state index is 9.38. The fourth-order valence-corrected chi connectivity index (χ4v) is 2.07. The zero-order chi connectivity index (χ0) is 19.4. The number of rotatable bonds is 8. The van der Waals surface area contributed by atoms with Crippen LogP contribution < -0.4 is 11.5 Å². The van der Waals surface area contributed by atoms with Crippen molar-refractivity contribution < 1.29 is 26.7 Å². The average Bonchev–Trinajstić information content (AvgIpc) is 2.58. The second-order valence-corrected chi connectivity index (χ2v) is 6.34. The van der Waals surface area contributed by atoms with Crippen LogP contribution in [-0.2, 0) is 29.6 Å². The van der Waals surface area contributed by atoms with Crippen molar-refractivity contribution in [2.24, 2.45) is 11.5 Å². The van der Waals surface area contributed by atoms with Gasteiger partial charge in [0.1, 0.15) is 11.5 Å². The second kappa shape index (κ2) is 14.4. The molecule has 0 aromatic heterocycles. The van der Waals surface area contributed by atoms with Crippen LogP contribution in [0.15, 0.2) is 48.5 Å². The van der Waals surface area contributed by atoms with Crippen molar-refractivity contribution >= 4 is 0 Å². The number of nitrogens with two attached hydrogens (primary N) is 2. The van der Waals surface area contributed by atoms with Gasteiger partial charge in [0, 0.05) is 0 Å². The molecule has 0 bridgehead atoms. The van der Waals surface area contributed by atoms with Crippen molar-refractivity contribution in [2.75, 3.05) is 13.1 Å². The van der Waals surface area contributed by atoms with E-state index in [0.29, 0.717) is 37.7 Å². The van der Waals surface area contributed by atoms with Crippen LogP contribution in [0.2, 0.25) is 0 Å². The first-order valence-electron chi connectivity index (χ1n) is 8.71. The molecule has 2 aromatic carbocycles. The number of nitrogens with zero attached hydrogens (tertiary/aromatic N) is 2.